The quantitative estimate of drug-likeness (QED) is 0.824. The van der Waals surface area contributed by atoms with Gasteiger partial charge in [-0.2, -0.15) is 0 Å². The van der Waals surface area contributed by atoms with Gasteiger partial charge in [0, 0.05) is 17.6 Å². The lowest BCUT2D eigenvalue weighted by Crippen LogP contribution is -2.20. The molecule has 5 nitrogen and oxygen atoms in total. The fourth-order valence-corrected chi connectivity index (χ4v) is 2.79. The summed E-state index contributed by atoms with van der Waals surface area (Å²) in [5, 5.41) is 3.19. The molecule has 0 bridgehead atoms. The van der Waals surface area contributed by atoms with Crippen LogP contribution in [0.2, 0.25) is 5.02 Å². The Morgan fingerprint density at radius 3 is 2.41 bits per heavy atom. The number of carbonyl (C=O) groups excluding carboxylic acids is 1. The lowest BCUT2D eigenvalue weighted by atomic mass is 10.2. The Morgan fingerprint density at radius 2 is 1.86 bits per heavy atom. The summed E-state index contributed by atoms with van der Waals surface area (Å²) in [6.45, 7) is 1.60. The van der Waals surface area contributed by atoms with Crippen LogP contribution in [0.5, 0.6) is 0 Å². The maximum Gasteiger partial charge on any atom is 0.225 e. The summed E-state index contributed by atoms with van der Waals surface area (Å²) >= 11 is 5.91. The van der Waals surface area contributed by atoms with Crippen LogP contribution in [0.15, 0.2) is 48.5 Å². The number of thiol groups is 1. The summed E-state index contributed by atoms with van der Waals surface area (Å²) in [6.07, 6.45) is 0. The summed E-state index contributed by atoms with van der Waals surface area (Å²) < 4.78 is 24.3. The van der Waals surface area contributed by atoms with Gasteiger partial charge in [0.05, 0.1) is 12.2 Å². The van der Waals surface area contributed by atoms with Crippen LogP contribution in [0.3, 0.4) is 0 Å². The van der Waals surface area contributed by atoms with Gasteiger partial charge in [-0.1, -0.05) is 23.7 Å². The predicted octanol–water partition coefficient (Wildman–Crippen LogP) is 2.83. The molecule has 0 atom stereocenters. The normalized spacial score (nSPS) is 10.5. The summed E-state index contributed by atoms with van der Waals surface area (Å²) in [5.41, 5.74) is 1.92. The third-order valence-electron chi connectivity index (χ3n) is 2.90. The zero-order valence-electron chi connectivity index (χ0n) is 11.8. The summed E-state index contributed by atoms with van der Waals surface area (Å²) in [7, 11) is -2.80. The Bertz CT molecular complexity index is 737. The number of nitrogens with one attached hydrogen (secondary N) is 1. The average Bonchev–Trinajstić information content (AvgIpc) is 2.45. The zero-order valence-corrected chi connectivity index (χ0v) is 13.5. The van der Waals surface area contributed by atoms with Gasteiger partial charge in [-0.3, -0.25) is 9.10 Å². The van der Waals surface area contributed by atoms with E-state index in [2.05, 4.69) is 5.32 Å². The Hall–Kier alpha value is -2.05. The van der Waals surface area contributed by atoms with Crippen molar-refractivity contribution in [2.24, 2.45) is 0 Å². The number of benzene rings is 2. The van der Waals surface area contributed by atoms with E-state index in [4.69, 9.17) is 11.6 Å². The summed E-state index contributed by atoms with van der Waals surface area (Å²) in [4.78, 5) is 11.0. The smallest absolute Gasteiger partial charge is 0.225 e. The highest BCUT2D eigenvalue weighted by atomic mass is 35.5. The number of nitrogens with zero attached hydrogens (tertiary/aromatic N) is 1. The van der Waals surface area contributed by atoms with E-state index in [1.54, 1.807) is 42.5 Å². The van der Waals surface area contributed by atoms with Gasteiger partial charge in [0.25, 0.3) is 0 Å². The molecule has 116 valence electrons. The molecular weight excluding hydrogens is 324 g/mol. The van der Waals surface area contributed by atoms with Gasteiger partial charge in [-0.05, 0) is 42.0 Å². The van der Waals surface area contributed by atoms with Gasteiger partial charge >= 0.3 is 0 Å². The number of halogens is 1. The first-order chi connectivity index (χ1) is 10.5. The summed E-state index contributed by atoms with van der Waals surface area (Å²) in [6, 6.07) is 13.6. The molecule has 0 aliphatic carbocycles. The van der Waals surface area contributed by atoms with Crippen LogP contribution in [-0.4, -0.2) is 14.3 Å². The maximum atomic E-state index is 11.5. The van der Waals surface area contributed by atoms with Crippen molar-refractivity contribution in [2.45, 2.75) is 13.5 Å². The summed E-state index contributed by atoms with van der Waals surface area (Å²) in [5.74, 6) is -0.182. The van der Waals surface area contributed by atoms with Crippen molar-refractivity contribution in [3.05, 3.63) is 59.1 Å². The molecule has 0 unspecified atom stereocenters. The lowest BCUT2D eigenvalue weighted by molar-refractivity contribution is -0.114. The van der Waals surface area contributed by atoms with E-state index in [1.165, 1.54) is 11.2 Å². The molecule has 0 heterocycles. The average molecular weight is 339 g/mol. The van der Waals surface area contributed by atoms with Crippen molar-refractivity contribution in [1.29, 1.82) is 0 Å². The molecule has 1 amide bonds. The number of rotatable bonds is 5. The number of hydrogen-bond donors (Lipinski definition) is 2. The molecule has 2 aromatic rings. The molecule has 2 aromatic carbocycles. The van der Waals surface area contributed by atoms with Crippen LogP contribution >= 0.6 is 11.6 Å². The Balaban J connectivity index is 2.22. The maximum absolute atomic E-state index is 11.5. The zero-order chi connectivity index (χ0) is 16.1. The second kappa shape index (κ2) is 7.29. The molecule has 0 aromatic heterocycles. The van der Waals surface area contributed by atoms with E-state index in [-0.39, 0.29) is 12.5 Å². The molecule has 1 N–H and O–H groups in total. The highest BCUT2D eigenvalue weighted by Crippen LogP contribution is 2.21. The van der Waals surface area contributed by atoms with E-state index >= 15 is 0 Å². The highest BCUT2D eigenvalue weighted by Gasteiger charge is 2.10. The van der Waals surface area contributed by atoms with E-state index in [0.29, 0.717) is 16.4 Å². The standard InChI is InChI=1S/C15H15ClN2O3S/c1-11(19)17-14-5-7-15(8-6-14)18(22(20)21)10-12-3-2-4-13(16)9-12/h2-9,22H,10H2,1H3,(H,17,19). The molecule has 0 spiro atoms. The Morgan fingerprint density at radius 1 is 1.18 bits per heavy atom. The molecule has 0 saturated carbocycles. The van der Waals surface area contributed by atoms with Crippen LogP contribution in [0.1, 0.15) is 12.5 Å². The first-order valence-corrected chi connectivity index (χ1v) is 8.00. The van der Waals surface area contributed by atoms with Crippen molar-refractivity contribution in [1.82, 2.24) is 0 Å². The van der Waals surface area contributed by atoms with E-state index in [0.717, 1.165) is 5.56 Å². The van der Waals surface area contributed by atoms with Crippen LogP contribution in [0.25, 0.3) is 0 Å². The van der Waals surface area contributed by atoms with Crippen molar-refractivity contribution in [3.8, 4) is 0 Å². The number of carbonyl (C=O) groups is 1. The Labute approximate surface area is 135 Å². The first-order valence-electron chi connectivity index (χ1n) is 6.49. The van der Waals surface area contributed by atoms with Gasteiger partial charge in [0.1, 0.15) is 0 Å². The largest absolute Gasteiger partial charge is 0.326 e. The molecule has 22 heavy (non-hydrogen) atoms. The third-order valence-corrected chi connectivity index (χ3v) is 3.91. The minimum absolute atomic E-state index is 0.182. The number of anilines is 2. The fraction of sp³-hybridized carbons (Fsp3) is 0.133. The second-order valence-corrected chi connectivity index (χ2v) is 6.05. The molecule has 0 aliphatic rings. The molecule has 0 fully saturated rings. The molecular formula is C15H15ClN2O3S. The van der Waals surface area contributed by atoms with E-state index in [9.17, 15) is 13.2 Å². The topological polar surface area (TPSA) is 66.5 Å². The van der Waals surface area contributed by atoms with Crippen LogP contribution in [0, 0.1) is 0 Å². The molecule has 0 saturated heterocycles. The van der Waals surface area contributed by atoms with Crippen LogP contribution < -0.4 is 9.62 Å². The SMILES string of the molecule is CC(=O)Nc1ccc(N(Cc2cccc(Cl)c2)[SH](=O)=O)cc1. The highest BCUT2D eigenvalue weighted by molar-refractivity contribution is 7.74. The monoisotopic (exact) mass is 338 g/mol. The van der Waals surface area contributed by atoms with E-state index < -0.39 is 10.9 Å². The second-order valence-electron chi connectivity index (χ2n) is 4.65. The van der Waals surface area contributed by atoms with Gasteiger partial charge in [0.2, 0.25) is 16.8 Å². The lowest BCUT2D eigenvalue weighted by Gasteiger charge is -2.18. The van der Waals surface area contributed by atoms with Crippen molar-refractivity contribution in [3.63, 3.8) is 0 Å². The number of amides is 1. The molecule has 0 aliphatic heterocycles. The van der Waals surface area contributed by atoms with Crippen molar-refractivity contribution < 1.29 is 13.2 Å². The Kier molecular flexibility index (Phi) is 5.41. The van der Waals surface area contributed by atoms with Gasteiger partial charge in [-0.15, -0.1) is 0 Å². The minimum Gasteiger partial charge on any atom is -0.326 e. The molecule has 2 rings (SSSR count). The van der Waals surface area contributed by atoms with Gasteiger partial charge in [0.15, 0.2) is 0 Å². The minimum atomic E-state index is -2.80. The van der Waals surface area contributed by atoms with Crippen LogP contribution in [-0.2, 0) is 22.2 Å². The predicted molar refractivity (Wildman–Crippen MR) is 88.7 cm³/mol. The first kappa shape index (κ1) is 16.3. The molecule has 7 heteroatoms. The molecule has 0 radical (unpaired) electrons. The van der Waals surface area contributed by atoms with Gasteiger partial charge < -0.3 is 5.32 Å². The number of hydrogen-bond acceptors (Lipinski definition) is 3. The van der Waals surface area contributed by atoms with E-state index in [1.807, 2.05) is 6.07 Å². The van der Waals surface area contributed by atoms with Crippen molar-refractivity contribution in [2.75, 3.05) is 9.62 Å². The van der Waals surface area contributed by atoms with Gasteiger partial charge in [-0.25, -0.2) is 8.42 Å². The van der Waals surface area contributed by atoms with Crippen molar-refractivity contribution >= 4 is 39.8 Å². The third kappa shape index (κ3) is 4.47. The fourth-order valence-electron chi connectivity index (χ4n) is 1.97. The van der Waals surface area contributed by atoms with Crippen LogP contribution in [0.4, 0.5) is 11.4 Å².